The van der Waals surface area contributed by atoms with Gasteiger partial charge in [-0.2, -0.15) is 0 Å². The molecule has 0 aliphatic carbocycles. The number of hydrogen-bond acceptors (Lipinski definition) is 4. The Morgan fingerprint density at radius 2 is 2.20 bits per heavy atom. The number of carboxylic acids is 1. The van der Waals surface area contributed by atoms with E-state index in [0.29, 0.717) is 0 Å². The first-order chi connectivity index (χ1) is 9.61. The normalized spacial score (nSPS) is 19.6. The summed E-state index contributed by atoms with van der Waals surface area (Å²) in [6.45, 7) is 2.92. The second-order valence-electron chi connectivity index (χ2n) is 5.11. The Balaban J connectivity index is 2.03. The summed E-state index contributed by atoms with van der Waals surface area (Å²) in [4.78, 5) is 25.0. The van der Waals surface area contributed by atoms with E-state index in [1.165, 1.54) is 10.9 Å². The van der Waals surface area contributed by atoms with E-state index in [9.17, 15) is 9.59 Å². The minimum atomic E-state index is -1.13. The maximum Gasteiger partial charge on any atom is 0.358 e. The van der Waals surface area contributed by atoms with E-state index in [1.807, 2.05) is 4.90 Å². The molecular weight excluding hydrogens is 260 g/mol. The molecule has 110 valence electrons. The van der Waals surface area contributed by atoms with Gasteiger partial charge in [0.05, 0.1) is 6.20 Å². The lowest BCUT2D eigenvalue weighted by Crippen LogP contribution is -2.41. The Hall–Kier alpha value is -1.92. The molecule has 20 heavy (non-hydrogen) atoms. The molecule has 1 aliphatic rings. The van der Waals surface area contributed by atoms with Crippen LogP contribution in [0.25, 0.3) is 0 Å². The highest BCUT2D eigenvalue weighted by molar-refractivity contribution is 5.84. The van der Waals surface area contributed by atoms with E-state index in [-0.39, 0.29) is 24.2 Å². The highest BCUT2D eigenvalue weighted by Gasteiger charge is 2.24. The number of carbonyl (C=O) groups is 2. The predicted molar refractivity (Wildman–Crippen MR) is 71.2 cm³/mol. The average molecular weight is 280 g/mol. The zero-order valence-electron chi connectivity index (χ0n) is 11.7. The zero-order chi connectivity index (χ0) is 14.5. The second kappa shape index (κ2) is 6.49. The van der Waals surface area contributed by atoms with Crippen LogP contribution in [0.1, 0.15) is 49.5 Å². The van der Waals surface area contributed by atoms with Crippen LogP contribution in [0.5, 0.6) is 0 Å². The first-order valence-corrected chi connectivity index (χ1v) is 7.04. The van der Waals surface area contributed by atoms with E-state index in [2.05, 4.69) is 17.2 Å². The fourth-order valence-electron chi connectivity index (χ4n) is 2.63. The number of rotatable bonds is 4. The summed E-state index contributed by atoms with van der Waals surface area (Å²) in [5, 5.41) is 16.0. The molecule has 1 saturated heterocycles. The molecule has 0 spiro atoms. The van der Waals surface area contributed by atoms with Gasteiger partial charge in [-0.05, 0) is 19.3 Å². The van der Waals surface area contributed by atoms with Crippen molar-refractivity contribution < 1.29 is 14.7 Å². The number of nitrogens with zero attached hydrogens (tertiary/aromatic N) is 4. The monoisotopic (exact) mass is 280 g/mol. The van der Waals surface area contributed by atoms with Crippen molar-refractivity contribution in [1.29, 1.82) is 0 Å². The third-order valence-corrected chi connectivity index (χ3v) is 3.72. The van der Waals surface area contributed by atoms with Crippen LogP contribution in [0, 0.1) is 0 Å². The van der Waals surface area contributed by atoms with Crippen molar-refractivity contribution in [1.82, 2.24) is 19.9 Å². The molecule has 1 N–H and O–H groups in total. The summed E-state index contributed by atoms with van der Waals surface area (Å²) in [6.07, 6.45) is 6.63. The van der Waals surface area contributed by atoms with E-state index in [1.54, 1.807) is 0 Å². The molecule has 1 aromatic rings. The van der Waals surface area contributed by atoms with Crippen LogP contribution in [0.4, 0.5) is 0 Å². The minimum absolute atomic E-state index is 0.0133. The van der Waals surface area contributed by atoms with Gasteiger partial charge in [-0.15, -0.1) is 5.10 Å². The largest absolute Gasteiger partial charge is 0.476 e. The summed E-state index contributed by atoms with van der Waals surface area (Å²) in [5.41, 5.74) is -0.138. The fraction of sp³-hybridized carbons (Fsp3) is 0.692. The Bertz CT molecular complexity index is 486. The third-order valence-electron chi connectivity index (χ3n) is 3.72. The number of amides is 1. The van der Waals surface area contributed by atoms with Crippen molar-refractivity contribution in [2.24, 2.45) is 0 Å². The van der Waals surface area contributed by atoms with Gasteiger partial charge >= 0.3 is 5.97 Å². The summed E-state index contributed by atoms with van der Waals surface area (Å²) >= 11 is 0. The molecule has 1 unspecified atom stereocenters. The van der Waals surface area contributed by atoms with E-state index in [4.69, 9.17) is 5.11 Å². The zero-order valence-corrected chi connectivity index (χ0v) is 11.7. The summed E-state index contributed by atoms with van der Waals surface area (Å²) in [6, 6.07) is 0.285. The van der Waals surface area contributed by atoms with Crippen molar-refractivity contribution in [2.45, 2.75) is 51.6 Å². The van der Waals surface area contributed by atoms with Gasteiger partial charge in [0.1, 0.15) is 6.54 Å². The SMILES string of the molecule is CCC1CCCCCN1C(=O)Cn1cc(C(=O)O)nn1. The maximum atomic E-state index is 12.4. The minimum Gasteiger partial charge on any atom is -0.476 e. The van der Waals surface area contributed by atoms with Gasteiger partial charge in [0.15, 0.2) is 5.69 Å². The van der Waals surface area contributed by atoms with Crippen LogP contribution in [0.15, 0.2) is 6.20 Å². The molecule has 0 bridgehead atoms. The Morgan fingerprint density at radius 3 is 2.85 bits per heavy atom. The standard InChI is InChI=1S/C13H20N4O3/c1-2-10-6-4-3-5-7-17(10)12(18)9-16-8-11(13(19)20)14-15-16/h8,10H,2-7,9H2,1H3,(H,19,20). The van der Waals surface area contributed by atoms with Crippen molar-refractivity contribution >= 4 is 11.9 Å². The number of hydrogen-bond donors (Lipinski definition) is 1. The lowest BCUT2D eigenvalue weighted by atomic mass is 10.1. The first kappa shape index (κ1) is 14.5. The highest BCUT2D eigenvalue weighted by Crippen LogP contribution is 2.19. The number of aromatic carboxylic acids is 1. The van der Waals surface area contributed by atoms with Crippen molar-refractivity contribution in [3.63, 3.8) is 0 Å². The quantitative estimate of drug-likeness (QED) is 0.894. The molecule has 7 heteroatoms. The van der Waals surface area contributed by atoms with E-state index >= 15 is 0 Å². The molecule has 7 nitrogen and oxygen atoms in total. The van der Waals surface area contributed by atoms with Gasteiger partial charge in [0, 0.05) is 12.6 Å². The van der Waals surface area contributed by atoms with Gasteiger partial charge < -0.3 is 10.0 Å². The van der Waals surface area contributed by atoms with Crippen LogP contribution in [0.3, 0.4) is 0 Å². The Labute approximate surface area is 117 Å². The average Bonchev–Trinajstić information content (AvgIpc) is 2.75. The van der Waals surface area contributed by atoms with Crippen LogP contribution in [-0.4, -0.2) is 49.5 Å². The van der Waals surface area contributed by atoms with Gasteiger partial charge in [0.25, 0.3) is 0 Å². The van der Waals surface area contributed by atoms with Crippen molar-refractivity contribution in [3.8, 4) is 0 Å². The molecule has 1 atom stereocenters. The number of carbonyl (C=O) groups excluding carboxylic acids is 1. The third kappa shape index (κ3) is 3.34. The van der Waals surface area contributed by atoms with Gasteiger partial charge in [-0.25, -0.2) is 9.48 Å². The molecule has 0 saturated carbocycles. The topological polar surface area (TPSA) is 88.3 Å². The molecule has 1 aliphatic heterocycles. The van der Waals surface area contributed by atoms with Gasteiger partial charge in [-0.3, -0.25) is 4.79 Å². The van der Waals surface area contributed by atoms with Gasteiger partial charge in [0.2, 0.25) is 5.91 Å². The molecule has 1 amide bonds. The molecule has 0 radical (unpaired) electrons. The molecule has 1 aromatic heterocycles. The number of aromatic nitrogens is 3. The van der Waals surface area contributed by atoms with Crippen LogP contribution < -0.4 is 0 Å². The maximum absolute atomic E-state index is 12.4. The summed E-state index contributed by atoms with van der Waals surface area (Å²) < 4.78 is 1.30. The first-order valence-electron chi connectivity index (χ1n) is 7.04. The van der Waals surface area contributed by atoms with Crippen LogP contribution >= 0.6 is 0 Å². The smallest absolute Gasteiger partial charge is 0.358 e. The van der Waals surface area contributed by atoms with Crippen molar-refractivity contribution in [3.05, 3.63) is 11.9 Å². The molecule has 2 rings (SSSR count). The van der Waals surface area contributed by atoms with Gasteiger partial charge in [-0.1, -0.05) is 25.0 Å². The van der Waals surface area contributed by atoms with Crippen LogP contribution in [0.2, 0.25) is 0 Å². The fourth-order valence-corrected chi connectivity index (χ4v) is 2.63. The lowest BCUT2D eigenvalue weighted by molar-refractivity contribution is -0.134. The van der Waals surface area contributed by atoms with Crippen LogP contribution in [-0.2, 0) is 11.3 Å². The van der Waals surface area contributed by atoms with Crippen molar-refractivity contribution in [2.75, 3.05) is 6.54 Å². The molecule has 0 aromatic carbocycles. The lowest BCUT2D eigenvalue weighted by Gasteiger charge is -2.29. The Morgan fingerprint density at radius 1 is 1.40 bits per heavy atom. The van der Waals surface area contributed by atoms with E-state index in [0.717, 1.165) is 38.6 Å². The number of carboxylic acid groups (broad SMARTS) is 1. The number of likely N-dealkylation sites (tertiary alicyclic amines) is 1. The molecular formula is C13H20N4O3. The second-order valence-corrected chi connectivity index (χ2v) is 5.11. The summed E-state index contributed by atoms with van der Waals surface area (Å²) in [7, 11) is 0. The Kier molecular flexibility index (Phi) is 4.70. The highest BCUT2D eigenvalue weighted by atomic mass is 16.4. The van der Waals surface area contributed by atoms with E-state index < -0.39 is 5.97 Å². The predicted octanol–water partition coefficient (Wildman–Crippen LogP) is 1.16. The molecule has 1 fully saturated rings. The summed E-state index contributed by atoms with van der Waals surface area (Å²) in [5.74, 6) is -1.15. The molecule has 2 heterocycles.